The van der Waals surface area contributed by atoms with Gasteiger partial charge < -0.3 is 49.2 Å². The fourth-order valence-corrected chi connectivity index (χ4v) is 4.69. The molecule has 0 unspecified atom stereocenters. The number of hydrogen-bond donors (Lipinski definition) is 5. The van der Waals surface area contributed by atoms with Gasteiger partial charge in [0.15, 0.2) is 23.0 Å². The number of phenolic OH excluding ortho intramolecular Hbond substituents is 1. The van der Waals surface area contributed by atoms with Gasteiger partial charge in [-0.05, 0) is 48.2 Å². The molecule has 4 rings (SSSR count). The molecule has 2 saturated heterocycles. The second kappa shape index (κ2) is 11.5. The summed E-state index contributed by atoms with van der Waals surface area (Å²) in [5.74, 6) is 0.132. The number of phenols is 1. The number of rotatable bonds is 9. The molecule has 2 aromatic carbocycles. The Morgan fingerprint density at radius 1 is 0.892 bits per heavy atom. The van der Waals surface area contributed by atoms with Crippen molar-refractivity contribution in [3.63, 3.8) is 0 Å². The first-order valence-corrected chi connectivity index (χ1v) is 11.9. The van der Waals surface area contributed by atoms with Gasteiger partial charge in [0.05, 0.1) is 33.4 Å². The quantitative estimate of drug-likeness (QED) is 0.286. The van der Waals surface area contributed by atoms with E-state index in [1.54, 1.807) is 36.4 Å². The Hall–Kier alpha value is -3.09. The average Bonchev–Trinajstić information content (AvgIpc) is 3.24. The lowest BCUT2D eigenvalue weighted by Gasteiger charge is -2.39. The molecule has 11 heteroatoms. The van der Waals surface area contributed by atoms with Gasteiger partial charge in [-0.1, -0.05) is 12.1 Å². The Morgan fingerprint density at radius 2 is 1.57 bits per heavy atom. The molecular formula is C26H32O11. The predicted octanol–water partition coefficient (Wildman–Crippen LogP) is 0.163. The first-order valence-electron chi connectivity index (χ1n) is 11.9. The maximum Gasteiger partial charge on any atom is 0.309 e. The fraction of sp³-hybridized carbons (Fsp3) is 0.500. The van der Waals surface area contributed by atoms with Gasteiger partial charge in [-0.2, -0.15) is 0 Å². The van der Waals surface area contributed by atoms with Gasteiger partial charge in [0.2, 0.25) is 6.29 Å². The molecule has 0 saturated carbocycles. The van der Waals surface area contributed by atoms with Crippen LogP contribution < -0.4 is 14.2 Å². The summed E-state index contributed by atoms with van der Waals surface area (Å²) in [6.07, 6.45) is -6.14. The lowest BCUT2D eigenvalue weighted by Crippen LogP contribution is -2.60. The topological polar surface area (TPSA) is 164 Å². The van der Waals surface area contributed by atoms with Crippen LogP contribution in [0.4, 0.5) is 0 Å². The summed E-state index contributed by atoms with van der Waals surface area (Å²) in [7, 11) is 2.91. The summed E-state index contributed by atoms with van der Waals surface area (Å²) in [5, 5.41) is 49.5. The fourth-order valence-electron chi connectivity index (χ4n) is 4.69. The Morgan fingerprint density at radius 3 is 2.27 bits per heavy atom. The van der Waals surface area contributed by atoms with Crippen molar-refractivity contribution in [1.82, 2.24) is 0 Å². The molecule has 2 heterocycles. The summed E-state index contributed by atoms with van der Waals surface area (Å²) in [6, 6.07) is 10.1. The number of benzene rings is 2. The SMILES string of the molecule is COc1cc(C[C@H]2COC(=O)[C@@H]2Cc2ccc(O[C@@H]3O[C@H](CO)[C@@H](O)[C@H](O)[C@H]3O)c(OC)c2)ccc1O. The Balaban J connectivity index is 1.47. The molecule has 2 aromatic rings. The number of aliphatic hydroxyl groups is 4. The first-order chi connectivity index (χ1) is 17.7. The van der Waals surface area contributed by atoms with E-state index < -0.39 is 43.2 Å². The summed E-state index contributed by atoms with van der Waals surface area (Å²) in [6.45, 7) is -0.293. The van der Waals surface area contributed by atoms with Crippen molar-refractivity contribution in [1.29, 1.82) is 0 Å². The molecule has 0 spiro atoms. The zero-order valence-corrected chi connectivity index (χ0v) is 20.5. The molecule has 0 aliphatic carbocycles. The van der Waals surface area contributed by atoms with Gasteiger partial charge in [0.1, 0.15) is 24.4 Å². The van der Waals surface area contributed by atoms with Crippen molar-refractivity contribution in [3.05, 3.63) is 47.5 Å². The molecule has 0 bridgehead atoms. The van der Waals surface area contributed by atoms with Crippen LogP contribution in [0.15, 0.2) is 36.4 Å². The van der Waals surface area contributed by atoms with Crippen molar-refractivity contribution in [3.8, 4) is 23.0 Å². The standard InChI is InChI=1S/C26H32O11/c1-33-19-9-13(3-5-17(19)28)7-15-12-35-25(32)16(15)8-14-4-6-18(20(10-14)34-2)36-26-24(31)23(30)22(29)21(11-27)37-26/h3-6,9-10,15-16,21-24,26-31H,7-8,11-12H2,1-2H3/t15-,16+,21+,22+,23-,24+,26+/m0/s1. The number of carbonyl (C=O) groups is 1. The third kappa shape index (κ3) is 5.76. The Bertz CT molecular complexity index is 1090. The number of carbonyl (C=O) groups excluding carboxylic acids is 1. The van der Waals surface area contributed by atoms with Gasteiger partial charge in [-0.25, -0.2) is 0 Å². The van der Waals surface area contributed by atoms with E-state index >= 15 is 0 Å². The Kier molecular flexibility index (Phi) is 8.40. The lowest BCUT2D eigenvalue weighted by molar-refractivity contribution is -0.277. The van der Waals surface area contributed by atoms with Crippen molar-refractivity contribution < 1.29 is 54.0 Å². The molecule has 7 atom stereocenters. The number of hydrogen-bond acceptors (Lipinski definition) is 11. The number of ether oxygens (including phenoxy) is 5. The minimum absolute atomic E-state index is 0.0414. The summed E-state index contributed by atoms with van der Waals surface area (Å²) >= 11 is 0. The van der Waals surface area contributed by atoms with E-state index in [0.717, 1.165) is 11.1 Å². The summed E-state index contributed by atoms with van der Waals surface area (Å²) in [5.41, 5.74) is 1.69. The molecule has 11 nitrogen and oxygen atoms in total. The molecular weight excluding hydrogens is 488 g/mol. The molecule has 0 aromatic heterocycles. The smallest absolute Gasteiger partial charge is 0.309 e. The number of esters is 1. The van der Waals surface area contributed by atoms with Crippen LogP contribution in [0, 0.1) is 11.8 Å². The molecule has 2 aliphatic rings. The van der Waals surface area contributed by atoms with E-state index in [-0.39, 0.29) is 30.0 Å². The first kappa shape index (κ1) is 27.0. The monoisotopic (exact) mass is 520 g/mol. The van der Waals surface area contributed by atoms with E-state index in [4.69, 9.17) is 23.7 Å². The second-order valence-corrected chi connectivity index (χ2v) is 9.21. The predicted molar refractivity (Wildman–Crippen MR) is 127 cm³/mol. The van der Waals surface area contributed by atoms with Crippen LogP contribution in [0.3, 0.4) is 0 Å². The third-order valence-corrected chi connectivity index (χ3v) is 6.83. The summed E-state index contributed by atoms with van der Waals surface area (Å²) < 4.78 is 27.1. The van der Waals surface area contributed by atoms with Gasteiger partial charge in [-0.3, -0.25) is 4.79 Å². The van der Waals surface area contributed by atoms with E-state index in [2.05, 4.69) is 0 Å². The molecule has 202 valence electrons. The van der Waals surface area contributed by atoms with Crippen LogP contribution >= 0.6 is 0 Å². The Labute approximate surface area is 213 Å². The molecule has 5 N–H and O–H groups in total. The van der Waals surface area contributed by atoms with Gasteiger partial charge in [-0.15, -0.1) is 0 Å². The van der Waals surface area contributed by atoms with Crippen LogP contribution in [-0.4, -0.2) is 89.6 Å². The van der Waals surface area contributed by atoms with Crippen molar-refractivity contribution in [2.75, 3.05) is 27.4 Å². The molecule has 0 radical (unpaired) electrons. The largest absolute Gasteiger partial charge is 0.504 e. The van der Waals surface area contributed by atoms with E-state index in [0.29, 0.717) is 24.3 Å². The number of aromatic hydroxyl groups is 1. The maximum atomic E-state index is 12.5. The van der Waals surface area contributed by atoms with Gasteiger partial charge in [0, 0.05) is 5.92 Å². The van der Waals surface area contributed by atoms with Gasteiger partial charge >= 0.3 is 5.97 Å². The van der Waals surface area contributed by atoms with Crippen LogP contribution in [0.5, 0.6) is 23.0 Å². The second-order valence-electron chi connectivity index (χ2n) is 9.21. The normalized spacial score (nSPS) is 29.6. The number of cyclic esters (lactones) is 1. The van der Waals surface area contributed by atoms with E-state index in [1.165, 1.54) is 14.2 Å². The highest BCUT2D eigenvalue weighted by atomic mass is 16.7. The summed E-state index contributed by atoms with van der Waals surface area (Å²) in [4.78, 5) is 12.5. The minimum atomic E-state index is -1.57. The van der Waals surface area contributed by atoms with E-state index in [9.17, 15) is 30.3 Å². The van der Waals surface area contributed by atoms with Crippen molar-refractivity contribution in [2.45, 2.75) is 43.5 Å². The van der Waals surface area contributed by atoms with E-state index in [1.807, 2.05) is 0 Å². The minimum Gasteiger partial charge on any atom is -0.504 e. The maximum absolute atomic E-state index is 12.5. The van der Waals surface area contributed by atoms with Gasteiger partial charge in [0.25, 0.3) is 0 Å². The molecule has 37 heavy (non-hydrogen) atoms. The molecule has 0 amide bonds. The van der Waals surface area contributed by atoms with Crippen molar-refractivity contribution in [2.24, 2.45) is 11.8 Å². The zero-order chi connectivity index (χ0) is 26.7. The highest BCUT2D eigenvalue weighted by molar-refractivity contribution is 5.75. The van der Waals surface area contributed by atoms with Crippen LogP contribution in [0.2, 0.25) is 0 Å². The highest BCUT2D eigenvalue weighted by Crippen LogP contribution is 2.36. The number of methoxy groups -OCH3 is 2. The van der Waals surface area contributed by atoms with Crippen molar-refractivity contribution >= 4 is 5.97 Å². The zero-order valence-electron chi connectivity index (χ0n) is 20.5. The highest BCUT2D eigenvalue weighted by Gasteiger charge is 2.45. The molecule has 2 fully saturated rings. The molecule has 2 aliphatic heterocycles. The lowest BCUT2D eigenvalue weighted by atomic mass is 9.85. The van der Waals surface area contributed by atoms with Crippen LogP contribution in [0.1, 0.15) is 11.1 Å². The number of aliphatic hydroxyl groups excluding tert-OH is 4. The average molecular weight is 521 g/mol. The van der Waals surface area contributed by atoms with Crippen LogP contribution in [-0.2, 0) is 27.1 Å². The third-order valence-electron chi connectivity index (χ3n) is 6.83. The van der Waals surface area contributed by atoms with Crippen LogP contribution in [0.25, 0.3) is 0 Å².